The highest BCUT2D eigenvalue weighted by molar-refractivity contribution is 7.44. The summed E-state index contributed by atoms with van der Waals surface area (Å²) in [6.07, 6.45) is 0.0240. The zero-order valence-electron chi connectivity index (χ0n) is 7.03. The van der Waals surface area contributed by atoms with Gasteiger partial charge in [-0.05, 0) is 5.92 Å². The Morgan fingerprint density at radius 3 is 2.27 bits per heavy atom. The van der Waals surface area contributed by atoms with Crippen molar-refractivity contribution in [3.05, 3.63) is 0 Å². The molecule has 2 N–H and O–H groups in total. The quantitative estimate of drug-likeness (QED) is 0.492. The van der Waals surface area contributed by atoms with Gasteiger partial charge in [-0.3, -0.25) is 0 Å². The second-order valence-corrected chi connectivity index (χ2v) is 4.83. The van der Waals surface area contributed by atoms with Crippen LogP contribution >= 0.6 is 7.80 Å². The number of rotatable bonds is 5. The van der Waals surface area contributed by atoms with Crippen LogP contribution in [0.2, 0.25) is 0 Å². The first-order valence-corrected chi connectivity index (χ1v) is 5.43. The maximum atomic E-state index is 11.1. The Morgan fingerprint density at radius 2 is 1.91 bits per heavy atom. The zero-order valence-corrected chi connectivity index (χ0v) is 7.92. The fourth-order valence-corrected chi connectivity index (χ4v) is 2.27. The van der Waals surface area contributed by atoms with Crippen molar-refractivity contribution < 1.29 is 14.8 Å². The van der Waals surface area contributed by atoms with Crippen molar-refractivity contribution in [3.63, 3.8) is 0 Å². The van der Waals surface area contributed by atoms with Crippen LogP contribution in [-0.4, -0.2) is 28.8 Å². The predicted molar refractivity (Wildman–Crippen MR) is 45.0 cm³/mol. The van der Waals surface area contributed by atoms with E-state index in [0.29, 0.717) is 18.2 Å². The van der Waals surface area contributed by atoms with E-state index in [9.17, 15) is 4.57 Å². The van der Waals surface area contributed by atoms with Gasteiger partial charge in [0.05, 0.1) is 0 Å². The minimum Gasteiger partial charge on any atom is -0.368 e. The van der Waals surface area contributed by atoms with Gasteiger partial charge >= 0.3 is 7.80 Å². The van der Waals surface area contributed by atoms with Crippen LogP contribution in [0, 0.1) is 5.92 Å². The van der Waals surface area contributed by atoms with Crippen LogP contribution in [-0.2, 0) is 4.57 Å². The van der Waals surface area contributed by atoms with Gasteiger partial charge in [0.25, 0.3) is 0 Å². The number of aliphatic hydroxyl groups is 2. The van der Waals surface area contributed by atoms with Crippen LogP contribution in [0.4, 0.5) is 0 Å². The summed E-state index contributed by atoms with van der Waals surface area (Å²) < 4.78 is 11.1. The van der Waals surface area contributed by atoms with Gasteiger partial charge in [-0.1, -0.05) is 18.4 Å². The van der Waals surface area contributed by atoms with Crippen molar-refractivity contribution in [3.8, 4) is 0 Å². The van der Waals surface area contributed by atoms with Gasteiger partial charge in [-0.2, -0.15) is 0 Å². The molecule has 0 radical (unpaired) electrons. The van der Waals surface area contributed by atoms with Crippen LogP contribution in [0.15, 0.2) is 0 Å². The van der Waals surface area contributed by atoms with Crippen molar-refractivity contribution in [2.75, 3.05) is 12.3 Å². The van der Waals surface area contributed by atoms with Crippen LogP contribution in [0.1, 0.15) is 20.3 Å². The number of hydrogen-bond acceptors (Lipinski definition) is 3. The summed E-state index contributed by atoms with van der Waals surface area (Å²) in [6, 6.07) is 0. The molecule has 0 aliphatic rings. The molecule has 1 unspecified atom stereocenters. The minimum atomic E-state index is -1.30. The number of aliphatic hydroxyl groups excluding tert-OH is 1. The summed E-state index contributed by atoms with van der Waals surface area (Å²) in [6.45, 7) is 4.01. The Kier molecular flexibility index (Phi) is 5.65. The molecule has 0 spiro atoms. The Balaban J connectivity index is 3.38. The first kappa shape index (κ1) is 11.0. The summed E-state index contributed by atoms with van der Waals surface area (Å²) in [5.74, 6) is 0.425. The second kappa shape index (κ2) is 5.64. The van der Waals surface area contributed by atoms with Crippen LogP contribution < -0.4 is 0 Å². The fourth-order valence-electron chi connectivity index (χ4n) is 0.758. The third kappa shape index (κ3) is 7.92. The predicted octanol–water partition coefficient (Wildman–Crippen LogP) is 1.17. The molecular formula is C7H16O3P+. The van der Waals surface area contributed by atoms with Crippen LogP contribution in [0.25, 0.3) is 0 Å². The second-order valence-electron chi connectivity index (χ2n) is 3.05. The van der Waals surface area contributed by atoms with E-state index in [1.165, 1.54) is 0 Å². The van der Waals surface area contributed by atoms with E-state index < -0.39 is 14.1 Å². The maximum Gasteiger partial charge on any atom is 0.339 e. The van der Waals surface area contributed by atoms with E-state index >= 15 is 0 Å². The first-order chi connectivity index (χ1) is 5.02. The molecule has 0 rings (SSSR count). The molecule has 4 heteroatoms. The van der Waals surface area contributed by atoms with Crippen molar-refractivity contribution >= 4 is 7.80 Å². The van der Waals surface area contributed by atoms with Crippen molar-refractivity contribution in [2.24, 2.45) is 5.92 Å². The van der Waals surface area contributed by atoms with Gasteiger partial charge in [0.1, 0.15) is 6.16 Å². The monoisotopic (exact) mass is 179 g/mol. The first-order valence-electron chi connectivity index (χ1n) is 3.80. The van der Waals surface area contributed by atoms with Crippen molar-refractivity contribution in [2.45, 2.75) is 26.6 Å². The highest BCUT2D eigenvalue weighted by Gasteiger charge is 2.17. The molecule has 0 aromatic rings. The topological polar surface area (TPSA) is 57.5 Å². The smallest absolute Gasteiger partial charge is 0.339 e. The van der Waals surface area contributed by atoms with Gasteiger partial charge in [0.2, 0.25) is 0 Å². The minimum absolute atomic E-state index is 0.224. The molecule has 0 aliphatic carbocycles. The molecule has 3 nitrogen and oxygen atoms in total. The SMILES string of the molecule is CC(C)C[P+](=O)CCC(O)O. The Hall–Kier alpha value is 0.0200. The van der Waals surface area contributed by atoms with Gasteiger partial charge < -0.3 is 10.2 Å². The lowest BCUT2D eigenvalue weighted by Crippen LogP contribution is -2.05. The molecule has 0 aromatic carbocycles. The van der Waals surface area contributed by atoms with Gasteiger partial charge in [-0.25, -0.2) is 0 Å². The van der Waals surface area contributed by atoms with Gasteiger partial charge in [0, 0.05) is 6.42 Å². The lowest BCUT2D eigenvalue weighted by atomic mass is 10.3. The molecule has 0 bridgehead atoms. The summed E-state index contributed by atoms with van der Waals surface area (Å²) in [7, 11) is -1.22. The fraction of sp³-hybridized carbons (Fsp3) is 1.00. The summed E-state index contributed by atoms with van der Waals surface area (Å²) in [5, 5.41) is 16.9. The van der Waals surface area contributed by atoms with Crippen molar-refractivity contribution in [1.29, 1.82) is 0 Å². The summed E-state index contributed by atoms with van der Waals surface area (Å²) >= 11 is 0. The Morgan fingerprint density at radius 1 is 1.36 bits per heavy atom. The van der Waals surface area contributed by atoms with E-state index in [1.54, 1.807) is 0 Å². The van der Waals surface area contributed by atoms with Crippen molar-refractivity contribution in [1.82, 2.24) is 0 Å². The van der Waals surface area contributed by atoms with E-state index in [0.717, 1.165) is 0 Å². The average molecular weight is 179 g/mol. The highest BCUT2D eigenvalue weighted by atomic mass is 31.1. The van der Waals surface area contributed by atoms with E-state index in [1.807, 2.05) is 13.8 Å². The van der Waals surface area contributed by atoms with Crippen LogP contribution in [0.3, 0.4) is 0 Å². The average Bonchev–Trinajstić information content (AvgIpc) is 1.82. The molecule has 66 valence electrons. The molecular weight excluding hydrogens is 163 g/mol. The van der Waals surface area contributed by atoms with Gasteiger partial charge in [0.15, 0.2) is 12.5 Å². The van der Waals surface area contributed by atoms with E-state index in [2.05, 4.69) is 0 Å². The number of hydrogen-bond donors (Lipinski definition) is 2. The Labute approximate surface area is 68.2 Å². The largest absolute Gasteiger partial charge is 0.368 e. The van der Waals surface area contributed by atoms with Gasteiger partial charge in [-0.15, -0.1) is 0 Å². The molecule has 0 aromatic heterocycles. The maximum absolute atomic E-state index is 11.1. The highest BCUT2D eigenvalue weighted by Crippen LogP contribution is 2.24. The Bertz CT molecular complexity index is 123. The standard InChI is InChI=1S/C7H16O3P/c1-6(2)5-11(10)4-3-7(8)9/h6-9H,3-5H2,1-2H3/q+1. The molecule has 1 atom stereocenters. The molecule has 11 heavy (non-hydrogen) atoms. The normalized spacial score (nSPS) is 12.7. The summed E-state index contributed by atoms with van der Waals surface area (Å²) in [5.41, 5.74) is 0. The zero-order chi connectivity index (χ0) is 8.85. The third-order valence-corrected chi connectivity index (χ3v) is 3.10. The molecule has 0 saturated carbocycles. The molecule has 0 heterocycles. The lowest BCUT2D eigenvalue weighted by Gasteiger charge is -1.96. The molecule has 0 saturated heterocycles. The lowest BCUT2D eigenvalue weighted by molar-refractivity contribution is -0.0407. The van der Waals surface area contributed by atoms with E-state index in [-0.39, 0.29) is 6.42 Å². The molecule has 0 amide bonds. The summed E-state index contributed by atoms with van der Waals surface area (Å²) in [4.78, 5) is 0. The van der Waals surface area contributed by atoms with Crippen LogP contribution in [0.5, 0.6) is 0 Å². The van der Waals surface area contributed by atoms with E-state index in [4.69, 9.17) is 10.2 Å². The molecule has 0 fully saturated rings. The molecule has 0 aliphatic heterocycles. The third-order valence-electron chi connectivity index (χ3n) is 1.21.